The third-order valence-electron chi connectivity index (χ3n) is 5.34. The van der Waals surface area contributed by atoms with Gasteiger partial charge < -0.3 is 20.9 Å². The predicted octanol–water partition coefficient (Wildman–Crippen LogP) is 2.17. The van der Waals surface area contributed by atoms with Gasteiger partial charge in [0.15, 0.2) is 12.0 Å². The van der Waals surface area contributed by atoms with Gasteiger partial charge >= 0.3 is 0 Å². The van der Waals surface area contributed by atoms with E-state index in [1.54, 1.807) is 12.1 Å². The highest BCUT2D eigenvalue weighted by Crippen LogP contribution is 2.21. The smallest absolute Gasteiger partial charge is 0.230 e. The van der Waals surface area contributed by atoms with E-state index in [1.165, 1.54) is 6.07 Å². The Hall–Kier alpha value is -2.93. The largest absolute Gasteiger partial charge is 0.391 e. The summed E-state index contributed by atoms with van der Waals surface area (Å²) in [6.45, 7) is 0.438. The number of rotatable bonds is 5. The average Bonchev–Trinajstić information content (AvgIpc) is 3.28. The van der Waals surface area contributed by atoms with Crippen molar-refractivity contribution < 1.29 is 13.8 Å². The van der Waals surface area contributed by atoms with Crippen LogP contribution in [-0.2, 0) is 18.4 Å². The van der Waals surface area contributed by atoms with Gasteiger partial charge in [0.2, 0.25) is 5.52 Å². The maximum Gasteiger partial charge on any atom is 0.230 e. The number of pyridine rings is 1. The molecule has 0 spiro atoms. The Balaban J connectivity index is 1.50. The molecular formula is C21H25FN5O+. The Morgan fingerprint density at radius 2 is 2.18 bits per heavy atom. The van der Waals surface area contributed by atoms with Gasteiger partial charge in [-0.2, -0.15) is 4.57 Å². The number of aryl methyl sites for hydroxylation is 1. The van der Waals surface area contributed by atoms with Crippen LogP contribution in [0, 0.1) is 5.82 Å². The lowest BCUT2D eigenvalue weighted by Crippen LogP contribution is -2.27. The molecule has 2 unspecified atom stereocenters. The Bertz CT molecular complexity index is 1030. The lowest BCUT2D eigenvalue weighted by atomic mass is 10.1. The first-order valence-corrected chi connectivity index (χ1v) is 9.48. The first kappa shape index (κ1) is 18.4. The SMILES string of the molecule is C[n+]1cccc2c1ccn2Cc1ccc(C(N)=NOC2CCC(N)C2)cc1F. The van der Waals surface area contributed by atoms with E-state index in [-0.39, 0.29) is 23.8 Å². The summed E-state index contributed by atoms with van der Waals surface area (Å²) in [5.74, 6) is -0.148. The molecule has 4 rings (SSSR count). The molecule has 4 N–H and O–H groups in total. The summed E-state index contributed by atoms with van der Waals surface area (Å²) in [6.07, 6.45) is 6.51. The quantitative estimate of drug-likeness (QED) is 0.307. The maximum atomic E-state index is 14.7. The fourth-order valence-corrected chi connectivity index (χ4v) is 3.71. The summed E-state index contributed by atoms with van der Waals surface area (Å²) < 4.78 is 18.8. The number of hydrogen-bond acceptors (Lipinski definition) is 3. The summed E-state index contributed by atoms with van der Waals surface area (Å²) in [6, 6.07) is 11.1. The van der Waals surface area contributed by atoms with E-state index in [9.17, 15) is 4.39 Å². The Morgan fingerprint density at radius 1 is 1.32 bits per heavy atom. The lowest BCUT2D eigenvalue weighted by Gasteiger charge is -2.10. The van der Waals surface area contributed by atoms with Crippen LogP contribution in [0.2, 0.25) is 0 Å². The predicted molar refractivity (Wildman–Crippen MR) is 106 cm³/mol. The van der Waals surface area contributed by atoms with E-state index >= 15 is 0 Å². The van der Waals surface area contributed by atoms with Crippen molar-refractivity contribution in [1.82, 2.24) is 4.57 Å². The van der Waals surface area contributed by atoms with Crippen LogP contribution in [-0.4, -0.2) is 22.5 Å². The number of nitrogens with zero attached hydrogens (tertiary/aromatic N) is 3. The molecule has 1 saturated carbocycles. The van der Waals surface area contributed by atoms with Gasteiger partial charge in [0.1, 0.15) is 24.5 Å². The normalized spacial score (nSPS) is 20.0. The van der Waals surface area contributed by atoms with Gasteiger partial charge in [-0.25, -0.2) is 4.39 Å². The Morgan fingerprint density at radius 3 is 2.93 bits per heavy atom. The number of hydrogen-bond donors (Lipinski definition) is 2. The fourth-order valence-electron chi connectivity index (χ4n) is 3.71. The van der Waals surface area contributed by atoms with E-state index < -0.39 is 0 Å². The lowest BCUT2D eigenvalue weighted by molar-refractivity contribution is -0.644. The third-order valence-corrected chi connectivity index (χ3v) is 5.34. The molecule has 1 aliphatic rings. The highest BCUT2D eigenvalue weighted by molar-refractivity contribution is 5.97. The van der Waals surface area contributed by atoms with Crippen LogP contribution in [0.25, 0.3) is 11.0 Å². The zero-order valence-corrected chi connectivity index (χ0v) is 15.9. The molecule has 0 bridgehead atoms. The number of benzene rings is 1. The van der Waals surface area contributed by atoms with Crippen LogP contribution >= 0.6 is 0 Å². The molecule has 0 aliphatic heterocycles. The van der Waals surface area contributed by atoms with Crippen LogP contribution in [0.4, 0.5) is 4.39 Å². The number of oxime groups is 1. The summed E-state index contributed by atoms with van der Waals surface area (Å²) in [5, 5.41) is 3.97. The molecule has 2 atom stereocenters. The first-order chi connectivity index (χ1) is 13.5. The highest BCUT2D eigenvalue weighted by Gasteiger charge is 2.23. The van der Waals surface area contributed by atoms with Crippen LogP contribution in [0.15, 0.2) is 53.9 Å². The number of halogens is 1. The maximum absolute atomic E-state index is 14.7. The average molecular weight is 382 g/mol. The van der Waals surface area contributed by atoms with Crippen molar-refractivity contribution in [3.63, 3.8) is 0 Å². The second-order valence-corrected chi connectivity index (χ2v) is 7.42. The Labute approximate surface area is 163 Å². The van der Waals surface area contributed by atoms with Crippen molar-refractivity contribution >= 4 is 16.9 Å². The molecule has 7 heteroatoms. The number of aromatic nitrogens is 2. The molecule has 1 fully saturated rings. The van der Waals surface area contributed by atoms with Crippen molar-refractivity contribution in [2.75, 3.05) is 0 Å². The highest BCUT2D eigenvalue weighted by atomic mass is 19.1. The third kappa shape index (κ3) is 3.71. The topological polar surface area (TPSA) is 82.4 Å². The summed E-state index contributed by atoms with van der Waals surface area (Å²) in [7, 11) is 1.99. The summed E-state index contributed by atoms with van der Waals surface area (Å²) >= 11 is 0. The van der Waals surface area contributed by atoms with Gasteiger partial charge in [0.25, 0.3) is 0 Å². The molecule has 3 aromatic rings. The van der Waals surface area contributed by atoms with E-state index in [1.807, 2.05) is 46.8 Å². The second-order valence-electron chi connectivity index (χ2n) is 7.42. The van der Waals surface area contributed by atoms with E-state index in [0.29, 0.717) is 17.7 Å². The minimum atomic E-state index is -0.319. The zero-order valence-electron chi connectivity index (χ0n) is 15.9. The Kier molecular flexibility index (Phi) is 5.00. The van der Waals surface area contributed by atoms with Crippen LogP contribution < -0.4 is 16.0 Å². The first-order valence-electron chi connectivity index (χ1n) is 9.48. The van der Waals surface area contributed by atoms with Crippen molar-refractivity contribution in [2.24, 2.45) is 23.7 Å². The van der Waals surface area contributed by atoms with E-state index in [2.05, 4.69) is 5.16 Å². The molecule has 146 valence electrons. The van der Waals surface area contributed by atoms with Gasteiger partial charge in [0.05, 0.1) is 6.54 Å². The second kappa shape index (κ2) is 7.59. The molecule has 2 heterocycles. The van der Waals surface area contributed by atoms with Gasteiger partial charge in [-0.1, -0.05) is 17.3 Å². The van der Waals surface area contributed by atoms with E-state index in [4.69, 9.17) is 16.3 Å². The summed E-state index contributed by atoms with van der Waals surface area (Å²) in [5.41, 5.74) is 15.1. The van der Waals surface area contributed by atoms with Crippen LogP contribution in [0.1, 0.15) is 30.4 Å². The number of nitrogens with two attached hydrogens (primary N) is 2. The van der Waals surface area contributed by atoms with Crippen molar-refractivity contribution in [2.45, 2.75) is 38.0 Å². The van der Waals surface area contributed by atoms with Gasteiger partial charge in [-0.05, 0) is 25.0 Å². The van der Waals surface area contributed by atoms with Crippen molar-refractivity contribution in [1.29, 1.82) is 0 Å². The zero-order chi connectivity index (χ0) is 19.7. The van der Waals surface area contributed by atoms with Crippen molar-refractivity contribution in [3.8, 4) is 0 Å². The fraction of sp³-hybridized carbons (Fsp3) is 0.333. The molecule has 1 aromatic carbocycles. The molecule has 6 nitrogen and oxygen atoms in total. The van der Waals surface area contributed by atoms with Gasteiger partial charge in [-0.3, -0.25) is 0 Å². The van der Waals surface area contributed by atoms with Gasteiger partial charge in [0, 0.05) is 41.9 Å². The molecule has 1 aliphatic carbocycles. The minimum Gasteiger partial charge on any atom is -0.391 e. The standard InChI is InChI=1S/C21H25FN5O/c1-26-9-2-3-20-19(26)8-10-27(20)13-15-5-4-14(11-18(15)22)21(24)25-28-17-7-6-16(23)12-17/h2-5,8-11,16-17H,6-7,12-13,23H2,1H3,(H2,24,25)/q+1. The molecule has 0 amide bonds. The molecule has 2 aromatic heterocycles. The minimum absolute atomic E-state index is 0.0129. The number of amidine groups is 1. The summed E-state index contributed by atoms with van der Waals surface area (Å²) in [4.78, 5) is 5.46. The van der Waals surface area contributed by atoms with Gasteiger partial charge in [-0.15, -0.1) is 0 Å². The monoisotopic (exact) mass is 382 g/mol. The van der Waals surface area contributed by atoms with Crippen LogP contribution in [0.3, 0.4) is 0 Å². The number of fused-ring (bicyclic) bond motifs is 1. The van der Waals surface area contributed by atoms with E-state index in [0.717, 1.165) is 30.3 Å². The van der Waals surface area contributed by atoms with Crippen molar-refractivity contribution in [3.05, 3.63) is 65.7 Å². The molecule has 0 saturated heterocycles. The van der Waals surface area contributed by atoms with Crippen LogP contribution in [0.5, 0.6) is 0 Å². The molecule has 0 radical (unpaired) electrons. The molecular weight excluding hydrogens is 357 g/mol. The molecule has 28 heavy (non-hydrogen) atoms.